The summed E-state index contributed by atoms with van der Waals surface area (Å²) in [5.74, 6) is 0. The molecule has 4 rings (SSSR count). The van der Waals surface area contributed by atoms with Gasteiger partial charge in [-0.2, -0.15) is 9.41 Å². The molecule has 7 nitrogen and oxygen atoms in total. The normalized spacial score (nSPS) is 15.6. The Kier molecular flexibility index (Phi) is 6.88. The monoisotopic (exact) mass is 454 g/mol. The van der Waals surface area contributed by atoms with Gasteiger partial charge in [0.25, 0.3) is 0 Å². The number of aromatic nitrogens is 1. The van der Waals surface area contributed by atoms with Crippen molar-refractivity contribution in [3.8, 4) is 11.3 Å². The van der Waals surface area contributed by atoms with E-state index in [1.54, 1.807) is 24.4 Å². The van der Waals surface area contributed by atoms with E-state index in [4.69, 9.17) is 4.74 Å². The van der Waals surface area contributed by atoms with E-state index >= 15 is 0 Å². The molecule has 0 bridgehead atoms. The maximum absolute atomic E-state index is 12.9. The Bertz CT molecular complexity index is 1170. The summed E-state index contributed by atoms with van der Waals surface area (Å²) in [5.41, 5.74) is 5.44. The van der Waals surface area contributed by atoms with Crippen LogP contribution in [0.5, 0.6) is 0 Å². The number of sulfonamides is 1. The highest BCUT2D eigenvalue weighted by Gasteiger charge is 2.26. The van der Waals surface area contributed by atoms with Gasteiger partial charge in [-0.15, -0.1) is 11.3 Å². The molecule has 1 fully saturated rings. The third-order valence-corrected chi connectivity index (χ3v) is 7.29. The summed E-state index contributed by atoms with van der Waals surface area (Å²) in [6.07, 6.45) is 5.46. The Morgan fingerprint density at radius 1 is 1.10 bits per heavy atom. The first kappa shape index (κ1) is 21.4. The second-order valence-corrected chi connectivity index (χ2v) is 9.54. The van der Waals surface area contributed by atoms with Crippen LogP contribution < -0.4 is 5.43 Å². The van der Waals surface area contributed by atoms with Gasteiger partial charge in [-0.05, 0) is 23.8 Å². The molecule has 1 aliphatic rings. The minimum absolute atomic E-state index is 0.262. The van der Waals surface area contributed by atoms with E-state index in [-0.39, 0.29) is 4.90 Å². The number of thiazole rings is 1. The standard InChI is InChI=1S/C22H22N4O3S2/c27-31(28,26-12-14-29-15-13-26)20-10-4-9-19(16-20)21-17-30-22(24-21)25-23-11-5-8-18-6-2-1-3-7-18/h1-11,16-17H,12-15H2,(H,24,25)/b8-5+,23-11+. The van der Waals surface area contributed by atoms with Gasteiger partial charge < -0.3 is 4.74 Å². The predicted octanol–water partition coefficient (Wildman–Crippen LogP) is 3.94. The van der Waals surface area contributed by atoms with Crippen LogP contribution in [0.15, 0.2) is 76.1 Å². The topological polar surface area (TPSA) is 83.9 Å². The SMILES string of the molecule is O=S(=O)(c1cccc(-c2csc(N/N=C/C=C/c3ccccc3)n2)c1)N1CCOCC1. The fraction of sp³-hybridized carbons (Fsp3) is 0.182. The molecule has 0 atom stereocenters. The second kappa shape index (κ2) is 9.97. The van der Waals surface area contributed by atoms with Crippen molar-refractivity contribution in [2.75, 3.05) is 31.7 Å². The molecule has 1 aromatic heterocycles. The number of hydrazone groups is 1. The zero-order valence-corrected chi connectivity index (χ0v) is 18.3. The Morgan fingerprint density at radius 2 is 1.90 bits per heavy atom. The lowest BCUT2D eigenvalue weighted by molar-refractivity contribution is 0.0730. The van der Waals surface area contributed by atoms with Crippen molar-refractivity contribution in [1.82, 2.24) is 9.29 Å². The maximum atomic E-state index is 12.9. The lowest BCUT2D eigenvalue weighted by Crippen LogP contribution is -2.40. The summed E-state index contributed by atoms with van der Waals surface area (Å²) in [4.78, 5) is 4.78. The minimum atomic E-state index is -3.55. The van der Waals surface area contributed by atoms with Crippen LogP contribution in [0.1, 0.15) is 5.56 Å². The third kappa shape index (κ3) is 5.45. The van der Waals surface area contributed by atoms with Crippen molar-refractivity contribution in [2.24, 2.45) is 5.10 Å². The second-order valence-electron chi connectivity index (χ2n) is 6.74. The molecular formula is C22H22N4O3S2. The van der Waals surface area contributed by atoms with Gasteiger partial charge in [0, 0.05) is 30.2 Å². The van der Waals surface area contributed by atoms with E-state index in [1.807, 2.05) is 53.9 Å². The van der Waals surface area contributed by atoms with Gasteiger partial charge in [0.05, 0.1) is 23.8 Å². The Morgan fingerprint density at radius 3 is 2.71 bits per heavy atom. The van der Waals surface area contributed by atoms with E-state index in [0.717, 1.165) is 11.1 Å². The average molecular weight is 455 g/mol. The summed E-state index contributed by atoms with van der Waals surface area (Å²) in [6, 6.07) is 16.8. The van der Waals surface area contributed by atoms with Crippen molar-refractivity contribution in [3.63, 3.8) is 0 Å². The lowest BCUT2D eigenvalue weighted by Gasteiger charge is -2.26. The highest BCUT2D eigenvalue weighted by atomic mass is 32.2. The van der Waals surface area contributed by atoms with E-state index < -0.39 is 10.0 Å². The van der Waals surface area contributed by atoms with Crippen molar-refractivity contribution in [2.45, 2.75) is 4.90 Å². The first-order chi connectivity index (χ1) is 15.1. The van der Waals surface area contributed by atoms with Crippen LogP contribution in [0, 0.1) is 0 Å². The van der Waals surface area contributed by atoms with Gasteiger partial charge in [0.15, 0.2) is 0 Å². The molecule has 0 radical (unpaired) electrons. The van der Waals surface area contributed by atoms with Crippen LogP contribution in [0.2, 0.25) is 0 Å². The Hall–Kier alpha value is -2.85. The molecule has 3 aromatic rings. The van der Waals surface area contributed by atoms with E-state index in [9.17, 15) is 8.42 Å². The molecule has 1 N–H and O–H groups in total. The van der Waals surface area contributed by atoms with Gasteiger partial charge >= 0.3 is 0 Å². The molecule has 0 unspecified atom stereocenters. The van der Waals surface area contributed by atoms with Crippen LogP contribution in [0.25, 0.3) is 17.3 Å². The van der Waals surface area contributed by atoms with Crippen LogP contribution >= 0.6 is 11.3 Å². The van der Waals surface area contributed by atoms with E-state index in [0.29, 0.717) is 37.1 Å². The van der Waals surface area contributed by atoms with Gasteiger partial charge in [-0.25, -0.2) is 13.4 Å². The van der Waals surface area contributed by atoms with Gasteiger partial charge in [-0.1, -0.05) is 48.5 Å². The molecule has 0 saturated carbocycles. The molecule has 9 heteroatoms. The Labute approximate surface area is 185 Å². The zero-order chi connectivity index (χ0) is 21.5. The summed E-state index contributed by atoms with van der Waals surface area (Å²) < 4.78 is 32.5. The minimum Gasteiger partial charge on any atom is -0.379 e. The number of nitrogens with zero attached hydrogens (tertiary/aromatic N) is 3. The molecule has 0 aliphatic carbocycles. The molecule has 0 spiro atoms. The fourth-order valence-electron chi connectivity index (χ4n) is 3.06. The smallest absolute Gasteiger partial charge is 0.243 e. The first-order valence-corrected chi connectivity index (χ1v) is 12.1. The van der Waals surface area contributed by atoms with Crippen molar-refractivity contribution >= 4 is 38.8 Å². The molecule has 1 saturated heterocycles. The molecular weight excluding hydrogens is 432 g/mol. The lowest BCUT2D eigenvalue weighted by atomic mass is 10.2. The van der Waals surface area contributed by atoms with Crippen LogP contribution in [0.3, 0.4) is 0 Å². The number of ether oxygens (including phenoxy) is 1. The number of benzene rings is 2. The van der Waals surface area contributed by atoms with Crippen molar-refractivity contribution in [3.05, 3.63) is 71.6 Å². The zero-order valence-electron chi connectivity index (χ0n) is 16.7. The third-order valence-electron chi connectivity index (χ3n) is 4.65. The fourth-order valence-corrected chi connectivity index (χ4v) is 5.19. The quantitative estimate of drug-likeness (QED) is 0.432. The van der Waals surface area contributed by atoms with Crippen molar-refractivity contribution < 1.29 is 13.2 Å². The Balaban J connectivity index is 1.42. The summed E-state index contributed by atoms with van der Waals surface area (Å²) in [7, 11) is -3.55. The number of hydrogen-bond donors (Lipinski definition) is 1. The number of anilines is 1. The maximum Gasteiger partial charge on any atom is 0.243 e. The van der Waals surface area contributed by atoms with Gasteiger partial charge in [0.2, 0.25) is 15.2 Å². The average Bonchev–Trinajstić information content (AvgIpc) is 3.29. The number of hydrogen-bond acceptors (Lipinski definition) is 7. The van der Waals surface area contributed by atoms with Crippen LogP contribution in [-0.4, -0.2) is 50.2 Å². The highest BCUT2D eigenvalue weighted by Crippen LogP contribution is 2.27. The van der Waals surface area contributed by atoms with E-state index in [1.165, 1.54) is 15.6 Å². The predicted molar refractivity (Wildman–Crippen MR) is 125 cm³/mol. The molecule has 160 valence electrons. The van der Waals surface area contributed by atoms with E-state index in [2.05, 4.69) is 15.5 Å². The summed E-state index contributed by atoms with van der Waals surface area (Å²) in [5, 5.41) is 6.65. The highest BCUT2D eigenvalue weighted by molar-refractivity contribution is 7.89. The number of morpholine rings is 1. The van der Waals surface area contributed by atoms with Gasteiger partial charge in [-0.3, -0.25) is 5.43 Å². The summed E-state index contributed by atoms with van der Waals surface area (Å²) in [6.45, 7) is 1.57. The first-order valence-electron chi connectivity index (χ1n) is 9.77. The van der Waals surface area contributed by atoms with Crippen molar-refractivity contribution in [1.29, 1.82) is 0 Å². The van der Waals surface area contributed by atoms with Crippen LogP contribution in [-0.2, 0) is 14.8 Å². The molecule has 2 heterocycles. The summed E-state index contributed by atoms with van der Waals surface area (Å²) >= 11 is 1.40. The number of rotatable bonds is 7. The molecule has 31 heavy (non-hydrogen) atoms. The van der Waals surface area contributed by atoms with Crippen LogP contribution in [0.4, 0.5) is 5.13 Å². The number of nitrogens with one attached hydrogen (secondary N) is 1. The molecule has 0 amide bonds. The number of allylic oxidation sites excluding steroid dienone is 1. The largest absolute Gasteiger partial charge is 0.379 e. The van der Waals surface area contributed by atoms with Gasteiger partial charge in [0.1, 0.15) is 0 Å². The molecule has 1 aliphatic heterocycles. The molecule has 2 aromatic carbocycles.